The van der Waals surface area contributed by atoms with Gasteiger partial charge in [0.05, 0.1) is 17.9 Å². The molecule has 1 N–H and O–H groups in total. The van der Waals surface area contributed by atoms with Gasteiger partial charge in [-0.15, -0.1) is 21.5 Å². The predicted octanol–water partition coefficient (Wildman–Crippen LogP) is 4.06. The van der Waals surface area contributed by atoms with E-state index in [1.54, 1.807) is 6.92 Å². The number of fused-ring (bicyclic) bond motifs is 1. The lowest BCUT2D eigenvalue weighted by atomic mass is 10.1. The Morgan fingerprint density at radius 3 is 2.78 bits per heavy atom. The number of thiophene rings is 1. The molecule has 1 aliphatic rings. The Balaban J connectivity index is 1.36. The van der Waals surface area contributed by atoms with Crippen molar-refractivity contribution in [2.75, 3.05) is 17.7 Å². The van der Waals surface area contributed by atoms with Crippen molar-refractivity contribution in [3.05, 3.63) is 57.7 Å². The molecule has 0 saturated carbocycles. The lowest BCUT2D eigenvalue weighted by molar-refractivity contribution is -0.113. The van der Waals surface area contributed by atoms with Gasteiger partial charge in [0, 0.05) is 18.3 Å². The summed E-state index contributed by atoms with van der Waals surface area (Å²) in [6.45, 7) is 2.10. The van der Waals surface area contributed by atoms with Crippen LogP contribution in [-0.4, -0.2) is 39.0 Å². The van der Waals surface area contributed by atoms with Gasteiger partial charge in [0.15, 0.2) is 5.16 Å². The second kappa shape index (κ2) is 10.3. The summed E-state index contributed by atoms with van der Waals surface area (Å²) in [5.74, 6) is 0.548. The third-order valence-electron chi connectivity index (χ3n) is 5.39. The molecule has 2 heterocycles. The summed E-state index contributed by atoms with van der Waals surface area (Å²) in [5, 5.41) is 12.7. The Morgan fingerprint density at radius 1 is 1.19 bits per heavy atom. The monoisotopic (exact) mass is 470 g/mol. The van der Waals surface area contributed by atoms with E-state index >= 15 is 0 Å². The molecule has 0 atom stereocenters. The van der Waals surface area contributed by atoms with Crippen LogP contribution in [0, 0.1) is 0 Å². The Kier molecular flexibility index (Phi) is 7.26. The van der Waals surface area contributed by atoms with Gasteiger partial charge in [-0.05, 0) is 43.7 Å². The summed E-state index contributed by atoms with van der Waals surface area (Å²) in [5.41, 5.74) is 2.82. The Morgan fingerprint density at radius 2 is 2.00 bits per heavy atom. The highest BCUT2D eigenvalue weighted by molar-refractivity contribution is 7.99. The van der Waals surface area contributed by atoms with Crippen LogP contribution in [0.1, 0.15) is 45.5 Å². The predicted molar refractivity (Wildman–Crippen MR) is 127 cm³/mol. The number of ether oxygens (including phenoxy) is 1. The normalized spacial score (nSPS) is 12.6. The summed E-state index contributed by atoms with van der Waals surface area (Å²) >= 11 is 2.83. The molecule has 2 aromatic heterocycles. The second-order valence-corrected chi connectivity index (χ2v) is 9.61. The van der Waals surface area contributed by atoms with Crippen LogP contribution in [0.25, 0.3) is 0 Å². The first kappa shape index (κ1) is 22.5. The fourth-order valence-electron chi connectivity index (χ4n) is 3.79. The van der Waals surface area contributed by atoms with E-state index < -0.39 is 0 Å². The van der Waals surface area contributed by atoms with Gasteiger partial charge in [0.2, 0.25) is 5.91 Å². The largest absolute Gasteiger partial charge is 0.462 e. The Labute approximate surface area is 195 Å². The van der Waals surface area contributed by atoms with Crippen LogP contribution in [-0.2, 0) is 42.3 Å². The third kappa shape index (κ3) is 5.05. The Hall–Kier alpha value is -2.65. The van der Waals surface area contributed by atoms with Gasteiger partial charge in [-0.2, -0.15) is 0 Å². The van der Waals surface area contributed by atoms with E-state index in [4.69, 9.17) is 4.74 Å². The van der Waals surface area contributed by atoms with Crippen molar-refractivity contribution in [1.29, 1.82) is 0 Å². The van der Waals surface area contributed by atoms with Crippen molar-refractivity contribution >= 4 is 40.0 Å². The van der Waals surface area contributed by atoms with E-state index in [-0.39, 0.29) is 17.6 Å². The third-order valence-corrected chi connectivity index (χ3v) is 7.62. The molecule has 1 amide bonds. The number of aryl methyl sites for hydroxylation is 3. The molecular formula is C23H26N4O3S2. The van der Waals surface area contributed by atoms with Gasteiger partial charge in [-0.1, -0.05) is 42.1 Å². The van der Waals surface area contributed by atoms with Crippen LogP contribution in [0.3, 0.4) is 0 Å². The molecule has 32 heavy (non-hydrogen) atoms. The van der Waals surface area contributed by atoms with Gasteiger partial charge in [0.1, 0.15) is 10.8 Å². The van der Waals surface area contributed by atoms with Gasteiger partial charge < -0.3 is 14.6 Å². The van der Waals surface area contributed by atoms with Crippen LogP contribution in [0.4, 0.5) is 5.00 Å². The first-order valence-electron chi connectivity index (χ1n) is 10.7. The number of rotatable bonds is 9. The maximum absolute atomic E-state index is 12.6. The molecule has 9 heteroatoms. The zero-order valence-corrected chi connectivity index (χ0v) is 19.9. The van der Waals surface area contributed by atoms with Crippen LogP contribution >= 0.6 is 23.1 Å². The maximum Gasteiger partial charge on any atom is 0.341 e. The first-order chi connectivity index (χ1) is 15.6. The second-order valence-electron chi connectivity index (χ2n) is 7.56. The number of hydrogen-bond acceptors (Lipinski definition) is 7. The molecule has 0 aliphatic heterocycles. The summed E-state index contributed by atoms with van der Waals surface area (Å²) < 4.78 is 7.16. The molecule has 0 spiro atoms. The number of thioether (sulfide) groups is 1. The number of carbonyl (C=O) groups is 2. The number of benzene rings is 1. The van der Waals surface area contributed by atoms with E-state index in [1.165, 1.54) is 33.5 Å². The van der Waals surface area contributed by atoms with Crippen LogP contribution < -0.4 is 5.32 Å². The molecule has 0 bridgehead atoms. The number of hydrogen-bond donors (Lipinski definition) is 1. The molecular weight excluding hydrogens is 444 g/mol. The number of amides is 1. The van der Waals surface area contributed by atoms with Crippen molar-refractivity contribution in [2.24, 2.45) is 7.05 Å². The molecule has 1 aliphatic carbocycles. The van der Waals surface area contributed by atoms with Crippen LogP contribution in [0.15, 0.2) is 35.5 Å². The number of nitrogens with one attached hydrogen (secondary N) is 1. The van der Waals surface area contributed by atoms with Crippen molar-refractivity contribution in [1.82, 2.24) is 14.8 Å². The smallest absolute Gasteiger partial charge is 0.341 e. The van der Waals surface area contributed by atoms with Crippen molar-refractivity contribution in [3.63, 3.8) is 0 Å². The molecule has 1 aromatic carbocycles. The molecule has 3 aromatic rings. The lowest BCUT2D eigenvalue weighted by Crippen LogP contribution is -2.17. The zero-order valence-electron chi connectivity index (χ0n) is 18.2. The minimum atomic E-state index is -0.355. The molecule has 0 fully saturated rings. The average molecular weight is 471 g/mol. The number of nitrogens with zero attached hydrogens (tertiary/aromatic N) is 3. The first-order valence-corrected chi connectivity index (χ1v) is 12.5. The van der Waals surface area contributed by atoms with Gasteiger partial charge in [-0.25, -0.2) is 4.79 Å². The fraction of sp³-hybridized carbons (Fsp3) is 0.391. The summed E-state index contributed by atoms with van der Waals surface area (Å²) in [4.78, 5) is 26.3. The van der Waals surface area contributed by atoms with E-state index in [0.29, 0.717) is 22.3 Å². The summed E-state index contributed by atoms with van der Waals surface area (Å²) in [6, 6.07) is 10.3. The molecule has 0 radical (unpaired) electrons. The highest BCUT2D eigenvalue weighted by Gasteiger charge is 2.28. The fourth-order valence-corrected chi connectivity index (χ4v) is 5.82. The van der Waals surface area contributed by atoms with Crippen LogP contribution in [0.2, 0.25) is 0 Å². The maximum atomic E-state index is 12.6. The zero-order chi connectivity index (χ0) is 22.5. The number of carbonyl (C=O) groups excluding carboxylic acids is 2. The van der Waals surface area contributed by atoms with E-state index in [0.717, 1.165) is 43.5 Å². The SMILES string of the molecule is CCOC(=O)c1c(NC(=O)CSc2nnc(CCc3ccccc3)n2C)sc2c1CCC2. The van der Waals surface area contributed by atoms with Crippen molar-refractivity contribution in [3.8, 4) is 0 Å². The number of aromatic nitrogens is 3. The highest BCUT2D eigenvalue weighted by Crippen LogP contribution is 2.39. The summed E-state index contributed by atoms with van der Waals surface area (Å²) in [7, 11) is 1.92. The van der Waals surface area contributed by atoms with E-state index in [1.807, 2.05) is 29.8 Å². The quantitative estimate of drug-likeness (QED) is 0.375. The summed E-state index contributed by atoms with van der Waals surface area (Å²) in [6.07, 6.45) is 4.51. The molecule has 0 saturated heterocycles. The van der Waals surface area contributed by atoms with Gasteiger partial charge in [0.25, 0.3) is 0 Å². The lowest BCUT2D eigenvalue weighted by Gasteiger charge is -2.08. The van der Waals surface area contributed by atoms with Crippen molar-refractivity contribution < 1.29 is 14.3 Å². The van der Waals surface area contributed by atoms with Gasteiger partial charge in [-0.3, -0.25) is 4.79 Å². The van der Waals surface area contributed by atoms with E-state index in [9.17, 15) is 9.59 Å². The number of anilines is 1. The standard InChI is InChI=1S/C23H26N4O3S2/c1-3-30-22(29)20-16-10-7-11-17(16)32-21(20)24-19(28)14-31-23-26-25-18(27(23)2)13-12-15-8-5-4-6-9-15/h4-6,8-9H,3,7,10-14H2,1-2H3,(H,24,28). The van der Waals surface area contributed by atoms with Crippen molar-refractivity contribution in [2.45, 2.75) is 44.2 Å². The van der Waals surface area contributed by atoms with Gasteiger partial charge >= 0.3 is 5.97 Å². The van der Waals surface area contributed by atoms with E-state index in [2.05, 4.69) is 27.6 Å². The molecule has 168 valence electrons. The number of esters is 1. The molecule has 7 nitrogen and oxygen atoms in total. The minimum Gasteiger partial charge on any atom is -0.462 e. The average Bonchev–Trinajstić information content (AvgIpc) is 3.46. The van der Waals surface area contributed by atoms with Crippen LogP contribution in [0.5, 0.6) is 0 Å². The topological polar surface area (TPSA) is 86.1 Å². The Bertz CT molecular complexity index is 1110. The minimum absolute atomic E-state index is 0.172. The molecule has 4 rings (SSSR count). The molecule has 0 unspecified atom stereocenters. The highest BCUT2D eigenvalue weighted by atomic mass is 32.2.